The highest BCUT2D eigenvalue weighted by Crippen LogP contribution is 2.14. The van der Waals surface area contributed by atoms with Crippen molar-refractivity contribution >= 4 is 17.2 Å². The molecule has 0 radical (unpaired) electrons. The number of hydrogen-bond donors (Lipinski definition) is 0. The average molecular weight is 194 g/mol. The van der Waals surface area contributed by atoms with Gasteiger partial charge in [0.05, 0.1) is 6.20 Å². The number of aromatic nitrogens is 2. The lowest BCUT2D eigenvalue weighted by atomic mass is 10.3. The molecule has 0 aromatic carbocycles. The number of rotatable bonds is 0. The first-order valence-electron chi connectivity index (χ1n) is 4.13. The smallest absolute Gasteiger partial charge is 0.199 e. The molecule has 3 heteroatoms. The molecule has 2 nitrogen and oxygen atoms in total. The summed E-state index contributed by atoms with van der Waals surface area (Å²) in [7, 11) is 0. The molecule has 2 rings (SSSR count). The fourth-order valence-corrected chi connectivity index (χ4v) is 1.53. The van der Waals surface area contributed by atoms with Crippen molar-refractivity contribution in [3.05, 3.63) is 40.8 Å². The molecule has 0 aliphatic rings. The Morgan fingerprint density at radius 2 is 2.08 bits per heavy atom. The molecule has 13 heavy (non-hydrogen) atoms. The zero-order valence-electron chi connectivity index (χ0n) is 7.58. The summed E-state index contributed by atoms with van der Waals surface area (Å²) in [6.07, 6.45) is 1.96. The molecule has 2 aromatic heterocycles. The molecule has 2 heterocycles. The third-order valence-corrected chi connectivity index (χ3v) is 2.66. The lowest BCUT2D eigenvalue weighted by Gasteiger charge is -1.98. The minimum Gasteiger partial charge on any atom is -0.199 e. The Morgan fingerprint density at radius 1 is 1.31 bits per heavy atom. The van der Waals surface area contributed by atoms with Gasteiger partial charge < -0.3 is 0 Å². The van der Waals surface area contributed by atoms with E-state index in [1.54, 1.807) is 0 Å². The minimum atomic E-state index is 0.740. The van der Waals surface area contributed by atoms with Crippen molar-refractivity contribution in [3.8, 4) is 0 Å². The molecule has 0 aliphatic carbocycles. The molecular formula is C10H10ClN2+. The second-order valence-electron chi connectivity index (χ2n) is 3.03. The molecular weight excluding hydrogens is 184 g/mol. The Balaban J connectivity index is 2.94. The second kappa shape index (κ2) is 2.96. The van der Waals surface area contributed by atoms with Gasteiger partial charge in [0, 0.05) is 13.0 Å². The third kappa shape index (κ3) is 1.27. The molecule has 0 amide bonds. The molecule has 0 bridgehead atoms. The maximum Gasteiger partial charge on any atom is 0.328 e. The van der Waals surface area contributed by atoms with Gasteiger partial charge in [-0.3, -0.25) is 0 Å². The van der Waals surface area contributed by atoms with Crippen LogP contribution in [0.15, 0.2) is 24.4 Å². The molecule has 0 saturated heterocycles. The van der Waals surface area contributed by atoms with Gasteiger partial charge >= 0.3 is 5.65 Å². The number of hydrogen-bond acceptors (Lipinski definition) is 1. The molecule has 0 fully saturated rings. The summed E-state index contributed by atoms with van der Waals surface area (Å²) < 4.78 is 1.98. The highest BCUT2D eigenvalue weighted by Gasteiger charge is 2.13. The van der Waals surface area contributed by atoms with Gasteiger partial charge in [0.25, 0.3) is 0 Å². The summed E-state index contributed by atoms with van der Waals surface area (Å²) in [6.45, 7) is 3.91. The van der Waals surface area contributed by atoms with E-state index in [4.69, 9.17) is 11.6 Å². The van der Waals surface area contributed by atoms with Crippen LogP contribution in [-0.2, 0) is 0 Å². The quantitative estimate of drug-likeness (QED) is 0.586. The number of fused-ring (bicyclic) bond motifs is 1. The molecule has 0 unspecified atom stereocenters. The molecule has 0 aliphatic heterocycles. The van der Waals surface area contributed by atoms with E-state index in [1.807, 2.05) is 42.6 Å². The summed E-state index contributed by atoms with van der Waals surface area (Å²) in [6, 6.07) is 5.90. The van der Waals surface area contributed by atoms with E-state index in [0.29, 0.717) is 0 Å². The van der Waals surface area contributed by atoms with Gasteiger partial charge in [-0.2, -0.15) is 4.40 Å². The maximum atomic E-state index is 6.07. The number of nitrogens with zero attached hydrogens (tertiary/aromatic N) is 2. The molecule has 0 atom stereocenters. The van der Waals surface area contributed by atoms with Crippen LogP contribution in [0, 0.1) is 13.8 Å². The van der Waals surface area contributed by atoms with Crippen LogP contribution in [0.4, 0.5) is 0 Å². The van der Waals surface area contributed by atoms with E-state index in [9.17, 15) is 0 Å². The van der Waals surface area contributed by atoms with Crippen molar-refractivity contribution in [2.45, 2.75) is 13.8 Å². The van der Waals surface area contributed by atoms with Gasteiger partial charge in [-0.25, -0.2) is 0 Å². The monoisotopic (exact) mass is 193 g/mol. The predicted molar refractivity (Wildman–Crippen MR) is 51.9 cm³/mol. The van der Waals surface area contributed by atoms with Crippen molar-refractivity contribution in [1.29, 1.82) is 0 Å². The molecule has 66 valence electrons. The van der Waals surface area contributed by atoms with Gasteiger partial charge in [0.2, 0.25) is 0 Å². The summed E-state index contributed by atoms with van der Waals surface area (Å²) in [5.41, 5.74) is 2.84. The van der Waals surface area contributed by atoms with Crippen LogP contribution in [-0.4, -0.2) is 4.98 Å². The van der Waals surface area contributed by atoms with Crippen LogP contribution in [0.1, 0.15) is 11.4 Å². The van der Waals surface area contributed by atoms with Crippen molar-refractivity contribution in [2.75, 3.05) is 0 Å². The zero-order chi connectivity index (χ0) is 9.42. The Kier molecular flexibility index (Phi) is 1.93. The van der Waals surface area contributed by atoms with Crippen LogP contribution in [0.3, 0.4) is 0 Å². The number of halogens is 1. The first kappa shape index (κ1) is 8.45. The minimum absolute atomic E-state index is 0.740. The van der Waals surface area contributed by atoms with Crippen molar-refractivity contribution in [1.82, 2.24) is 4.98 Å². The average Bonchev–Trinajstić information content (AvgIpc) is 2.15. The van der Waals surface area contributed by atoms with Gasteiger partial charge in [-0.15, -0.1) is 0 Å². The van der Waals surface area contributed by atoms with Crippen molar-refractivity contribution < 1.29 is 4.40 Å². The largest absolute Gasteiger partial charge is 0.328 e. The Hall–Kier alpha value is -1.15. The van der Waals surface area contributed by atoms with E-state index in [2.05, 4.69) is 4.98 Å². The normalized spacial score (nSPS) is 10.7. The zero-order valence-corrected chi connectivity index (χ0v) is 8.34. The van der Waals surface area contributed by atoms with Crippen LogP contribution in [0.25, 0.3) is 5.65 Å². The number of aryl methyl sites for hydroxylation is 2. The lowest BCUT2D eigenvalue weighted by molar-refractivity contribution is -0.522. The second-order valence-corrected chi connectivity index (χ2v) is 3.40. The summed E-state index contributed by atoms with van der Waals surface area (Å²) in [5, 5.41) is 0.740. The Bertz CT molecular complexity index is 466. The lowest BCUT2D eigenvalue weighted by Crippen LogP contribution is -2.27. The summed E-state index contributed by atoms with van der Waals surface area (Å²) in [4.78, 5) is 4.37. The highest BCUT2D eigenvalue weighted by atomic mass is 35.5. The van der Waals surface area contributed by atoms with Gasteiger partial charge in [0.15, 0.2) is 5.69 Å². The van der Waals surface area contributed by atoms with Crippen LogP contribution < -0.4 is 4.40 Å². The number of pyridine rings is 1. The van der Waals surface area contributed by atoms with E-state index >= 15 is 0 Å². The van der Waals surface area contributed by atoms with Gasteiger partial charge in [0.1, 0.15) is 10.7 Å². The Morgan fingerprint density at radius 3 is 2.85 bits per heavy atom. The van der Waals surface area contributed by atoms with E-state index in [-0.39, 0.29) is 0 Å². The van der Waals surface area contributed by atoms with Crippen LogP contribution in [0.2, 0.25) is 5.02 Å². The predicted octanol–water partition coefficient (Wildman–Crippen LogP) is 2.09. The first-order valence-corrected chi connectivity index (χ1v) is 4.51. The molecule has 0 saturated carbocycles. The third-order valence-electron chi connectivity index (χ3n) is 2.12. The molecule has 2 aromatic rings. The molecule has 0 spiro atoms. The topological polar surface area (TPSA) is 17.0 Å². The first-order chi connectivity index (χ1) is 6.20. The van der Waals surface area contributed by atoms with Crippen molar-refractivity contribution in [2.24, 2.45) is 0 Å². The van der Waals surface area contributed by atoms with Crippen LogP contribution >= 0.6 is 11.6 Å². The maximum absolute atomic E-state index is 6.07. The fourth-order valence-electron chi connectivity index (χ4n) is 1.40. The van der Waals surface area contributed by atoms with E-state index in [1.165, 1.54) is 0 Å². The van der Waals surface area contributed by atoms with E-state index < -0.39 is 0 Å². The van der Waals surface area contributed by atoms with Crippen molar-refractivity contribution in [3.63, 3.8) is 0 Å². The Labute approximate surface area is 81.8 Å². The summed E-state index contributed by atoms with van der Waals surface area (Å²) in [5.74, 6) is 0. The SMILES string of the molecule is Cc1nc2cccc[n+]2c(C)c1Cl. The van der Waals surface area contributed by atoms with Gasteiger partial charge in [-0.1, -0.05) is 17.7 Å². The van der Waals surface area contributed by atoms with Gasteiger partial charge in [-0.05, 0) is 18.0 Å². The van der Waals surface area contributed by atoms with Crippen LogP contribution in [0.5, 0.6) is 0 Å². The molecule has 0 N–H and O–H groups in total. The standard InChI is InChI=1S/C10H10ClN2/c1-7-10(11)8(2)13-6-4-3-5-9(13)12-7/h3-6H,1-2H3/q+1. The summed E-state index contributed by atoms with van der Waals surface area (Å²) >= 11 is 6.07. The highest BCUT2D eigenvalue weighted by molar-refractivity contribution is 6.31. The fraction of sp³-hybridized carbons (Fsp3) is 0.200. The van der Waals surface area contributed by atoms with E-state index in [0.717, 1.165) is 22.1 Å².